The molecule has 0 aliphatic carbocycles. The van der Waals surface area contributed by atoms with Gasteiger partial charge in [0.1, 0.15) is 0 Å². The molecule has 0 saturated carbocycles. The summed E-state index contributed by atoms with van der Waals surface area (Å²) in [7, 11) is 11.0. The van der Waals surface area contributed by atoms with Crippen LogP contribution in [0.25, 0.3) is 43.8 Å². The van der Waals surface area contributed by atoms with Crippen LogP contribution in [0.1, 0.15) is 87.8 Å². The summed E-state index contributed by atoms with van der Waals surface area (Å²) >= 11 is -0.826. The Labute approximate surface area is 325 Å². The molecular weight excluding hydrogens is 743 g/mol. The van der Waals surface area contributed by atoms with Gasteiger partial charge in [-0.15, -0.1) is 69.1 Å². The summed E-state index contributed by atoms with van der Waals surface area (Å²) in [4.78, 5) is 0. The van der Waals surface area contributed by atoms with Crippen molar-refractivity contribution in [3.8, 4) is 22.3 Å². The second-order valence-corrected chi connectivity index (χ2v) is 17.5. The zero-order valence-corrected chi connectivity index (χ0v) is 36.6. The molecule has 262 valence electrons. The van der Waals surface area contributed by atoms with Gasteiger partial charge < -0.3 is 0 Å². The van der Waals surface area contributed by atoms with Crippen LogP contribution in [0.3, 0.4) is 0 Å². The fourth-order valence-electron chi connectivity index (χ4n) is 7.01. The number of halogens is 2. The molecule has 0 aliphatic heterocycles. The van der Waals surface area contributed by atoms with Crippen LogP contribution in [0.2, 0.25) is 13.1 Å². The first-order valence-corrected chi connectivity index (χ1v) is 26.9. The Morgan fingerprint density at radius 3 is 1.18 bits per heavy atom. The summed E-state index contributed by atoms with van der Waals surface area (Å²) in [6.07, 6.45) is 9.08. The Balaban J connectivity index is 0.000000234. The summed E-state index contributed by atoms with van der Waals surface area (Å²) in [6, 6.07) is 36.6. The predicted molar refractivity (Wildman–Crippen MR) is 225 cm³/mol. The number of hydrogen-bond acceptors (Lipinski definition) is 0. The van der Waals surface area contributed by atoms with E-state index in [4.69, 9.17) is 17.0 Å². The SMILES string of the molecule is CCCc1cc2c(-c3ccccc3CC)c(CC)ccc2[cH-]1.CCCc1cc2c(-c3ccccc3CC)c(CC)ccc2[cH-]1.C[Si]C.[Cl][Zr+2][Cl]. The molecule has 50 heavy (non-hydrogen) atoms. The van der Waals surface area contributed by atoms with Crippen molar-refractivity contribution in [2.75, 3.05) is 0 Å². The average molecular weight is 799 g/mol. The van der Waals surface area contributed by atoms with E-state index in [9.17, 15) is 0 Å². The molecule has 0 aromatic heterocycles. The molecule has 0 atom stereocenters. The second kappa shape index (κ2) is 22.7. The summed E-state index contributed by atoms with van der Waals surface area (Å²) in [6.45, 7) is 17.8. The van der Waals surface area contributed by atoms with Crippen molar-refractivity contribution in [3.63, 3.8) is 0 Å². The maximum atomic E-state index is 4.93. The minimum absolute atomic E-state index is 0.826. The molecule has 0 heterocycles. The van der Waals surface area contributed by atoms with Gasteiger partial charge in [-0.2, -0.15) is 12.1 Å². The number of fused-ring (bicyclic) bond motifs is 2. The minimum atomic E-state index is -0.826. The van der Waals surface area contributed by atoms with Gasteiger partial charge in [0.05, 0.1) is 0 Å². The monoisotopic (exact) mass is 796 g/mol. The van der Waals surface area contributed by atoms with Gasteiger partial charge in [-0.05, 0) is 60.8 Å². The van der Waals surface area contributed by atoms with Gasteiger partial charge >= 0.3 is 37.9 Å². The number of hydrogen-bond donors (Lipinski definition) is 0. The van der Waals surface area contributed by atoms with Crippen LogP contribution in [0, 0.1) is 0 Å². The summed E-state index contributed by atoms with van der Waals surface area (Å²) in [5.74, 6) is 0. The quantitative estimate of drug-likeness (QED) is 0.0956. The molecule has 0 unspecified atom stereocenters. The summed E-state index contributed by atoms with van der Waals surface area (Å²) in [5, 5.41) is 5.65. The van der Waals surface area contributed by atoms with Crippen molar-refractivity contribution in [2.45, 2.75) is 106 Å². The fourth-order valence-corrected chi connectivity index (χ4v) is 7.01. The Hall–Kier alpha value is -2.22. The molecule has 0 saturated heterocycles. The van der Waals surface area contributed by atoms with E-state index >= 15 is 0 Å². The van der Waals surface area contributed by atoms with Gasteiger partial charge in [0.25, 0.3) is 0 Å². The third kappa shape index (κ3) is 10.9. The van der Waals surface area contributed by atoms with Crippen LogP contribution in [0.5, 0.6) is 0 Å². The van der Waals surface area contributed by atoms with Crippen molar-refractivity contribution in [3.05, 3.63) is 130 Å². The molecule has 4 heteroatoms. The number of aryl methyl sites for hydroxylation is 6. The third-order valence-corrected chi connectivity index (χ3v) is 9.25. The molecule has 2 radical (unpaired) electrons. The van der Waals surface area contributed by atoms with E-state index in [-0.39, 0.29) is 0 Å². The Bertz CT molecular complexity index is 1740. The molecule has 6 rings (SSSR count). The first-order chi connectivity index (χ1) is 24.4. The fraction of sp³-hybridized carbons (Fsp3) is 0.348. The third-order valence-electron chi connectivity index (χ3n) is 9.25. The van der Waals surface area contributed by atoms with Crippen molar-refractivity contribution in [2.24, 2.45) is 0 Å². The molecule has 6 aromatic carbocycles. The van der Waals surface area contributed by atoms with Gasteiger partial charge in [-0.25, -0.2) is 0 Å². The molecule has 6 aromatic rings. The van der Waals surface area contributed by atoms with Gasteiger partial charge in [0, 0.05) is 9.52 Å². The average Bonchev–Trinajstić information content (AvgIpc) is 3.75. The van der Waals surface area contributed by atoms with Gasteiger partial charge in [0.2, 0.25) is 0 Å². The van der Waals surface area contributed by atoms with Gasteiger partial charge in [-0.3, -0.25) is 0 Å². The van der Waals surface area contributed by atoms with Gasteiger partial charge in [-0.1, -0.05) is 138 Å². The molecule has 0 amide bonds. The Kier molecular flexibility index (Phi) is 19.1. The number of rotatable bonds is 10. The molecule has 0 aliphatic rings. The molecular formula is C46H56Cl2SiZr. The van der Waals surface area contributed by atoms with Crippen LogP contribution in [-0.2, 0) is 59.4 Å². The van der Waals surface area contributed by atoms with Crippen LogP contribution in [-0.4, -0.2) is 9.52 Å². The topological polar surface area (TPSA) is 0 Å². The molecule has 0 fully saturated rings. The van der Waals surface area contributed by atoms with E-state index in [2.05, 4.69) is 152 Å². The van der Waals surface area contributed by atoms with E-state index < -0.39 is 20.8 Å². The van der Waals surface area contributed by atoms with Crippen LogP contribution in [0.4, 0.5) is 0 Å². The van der Waals surface area contributed by atoms with E-state index in [0.717, 1.165) is 35.2 Å². The second-order valence-electron chi connectivity index (χ2n) is 12.7. The van der Waals surface area contributed by atoms with Crippen molar-refractivity contribution < 1.29 is 20.8 Å². The van der Waals surface area contributed by atoms with Crippen molar-refractivity contribution >= 4 is 48.1 Å². The molecule has 0 spiro atoms. The maximum absolute atomic E-state index is 4.93. The summed E-state index contributed by atoms with van der Waals surface area (Å²) < 4.78 is 0. The summed E-state index contributed by atoms with van der Waals surface area (Å²) in [5.41, 5.74) is 14.5. The van der Waals surface area contributed by atoms with Crippen molar-refractivity contribution in [1.82, 2.24) is 0 Å². The van der Waals surface area contributed by atoms with Gasteiger partial charge in [0.15, 0.2) is 0 Å². The van der Waals surface area contributed by atoms with Crippen LogP contribution >= 0.6 is 17.0 Å². The zero-order valence-electron chi connectivity index (χ0n) is 31.7. The first-order valence-electron chi connectivity index (χ1n) is 18.5. The van der Waals surface area contributed by atoms with Crippen molar-refractivity contribution in [1.29, 1.82) is 0 Å². The molecule has 0 N–H and O–H groups in total. The van der Waals surface area contributed by atoms with E-state index in [0.29, 0.717) is 0 Å². The first kappa shape index (κ1) is 42.2. The van der Waals surface area contributed by atoms with E-state index in [1.165, 1.54) is 103 Å². The Morgan fingerprint density at radius 2 is 0.860 bits per heavy atom. The Morgan fingerprint density at radius 1 is 0.520 bits per heavy atom. The van der Waals surface area contributed by atoms with Crippen LogP contribution < -0.4 is 0 Å². The predicted octanol–water partition coefficient (Wildman–Crippen LogP) is 14.8. The van der Waals surface area contributed by atoms with Crippen LogP contribution in [0.15, 0.2) is 97.1 Å². The number of benzene rings is 4. The normalized spacial score (nSPS) is 10.4. The van der Waals surface area contributed by atoms with E-state index in [1.807, 2.05) is 0 Å². The zero-order chi connectivity index (χ0) is 36.5. The molecule has 0 bridgehead atoms. The van der Waals surface area contributed by atoms with E-state index in [1.54, 1.807) is 0 Å². The molecule has 0 nitrogen and oxygen atoms in total. The standard InChI is InChI=1S/2C22H25.C2H6Si.2ClH.Zr/c2*1-4-9-16-14-19-13-12-18(6-3)22(21(19)15-16)20-11-8-7-10-17(20)5-2;1-3-2;;;/h2*7-8,10-15H,4-6,9H2,1-3H3;1-2H3;2*1H;/q2*-1;;;;+4/p-2.